The minimum Gasteiger partial charge on any atom is -0.464 e. The van der Waals surface area contributed by atoms with Gasteiger partial charge in [0.25, 0.3) is 0 Å². The fraction of sp³-hybridized carbons (Fsp3) is 0.571. The first-order valence-electron chi connectivity index (χ1n) is 13.4. The van der Waals surface area contributed by atoms with Crippen molar-refractivity contribution in [3.8, 4) is 0 Å². The molecule has 2 aliphatic rings. The van der Waals surface area contributed by atoms with Crippen LogP contribution in [0.1, 0.15) is 34.6 Å². The lowest BCUT2D eigenvalue weighted by Crippen LogP contribution is -2.47. The maximum absolute atomic E-state index is 11.9. The maximum atomic E-state index is 11.9. The Morgan fingerprint density at radius 2 is 1.47 bits per heavy atom. The molecule has 2 fully saturated rings. The Morgan fingerprint density at radius 3 is 2.17 bits per heavy atom. The summed E-state index contributed by atoms with van der Waals surface area (Å²) in [5.41, 5.74) is 9.35. The van der Waals surface area contributed by atoms with Gasteiger partial charge in [0.15, 0.2) is 0 Å². The van der Waals surface area contributed by atoms with Crippen molar-refractivity contribution in [2.75, 3.05) is 84.8 Å². The first-order valence-corrected chi connectivity index (χ1v) is 13.4. The SMILES string of the molecule is COC(=O)c1cccc(CN2CCCN3CCN(CCc4ccc(N)cc4)CCCN(CC3)CC2)n1. The minimum atomic E-state index is -0.378. The number of esters is 1. The van der Waals surface area contributed by atoms with Gasteiger partial charge in [0.05, 0.1) is 12.8 Å². The van der Waals surface area contributed by atoms with Crippen LogP contribution in [0.3, 0.4) is 0 Å². The van der Waals surface area contributed by atoms with Gasteiger partial charge in [-0.05, 0) is 75.3 Å². The molecule has 196 valence electrons. The van der Waals surface area contributed by atoms with E-state index < -0.39 is 0 Å². The number of hydrogen-bond acceptors (Lipinski definition) is 8. The Bertz CT molecular complexity index is 953. The molecule has 2 N–H and O–H groups in total. The number of ether oxygens (including phenoxy) is 1. The van der Waals surface area contributed by atoms with E-state index in [1.54, 1.807) is 6.07 Å². The molecule has 1 aromatic heterocycles. The molecule has 2 aromatic rings. The van der Waals surface area contributed by atoms with E-state index in [0.717, 1.165) is 103 Å². The standard InChI is InChI=1S/C28H42N6O2/c1-36-28(35)27-6-2-5-26(30-27)23-34-15-4-14-32-18-17-31(12-3-13-33(20-19-32)21-22-34)16-11-24-7-9-25(29)10-8-24/h2,5-10H,3-4,11-23,29H2,1H3. The number of pyridine rings is 1. The third-order valence-electron chi connectivity index (χ3n) is 7.38. The highest BCUT2D eigenvalue weighted by atomic mass is 16.5. The van der Waals surface area contributed by atoms with E-state index in [9.17, 15) is 4.79 Å². The summed E-state index contributed by atoms with van der Waals surface area (Å²) in [6, 6.07) is 13.9. The highest BCUT2D eigenvalue weighted by Gasteiger charge is 2.19. The number of fused-ring (bicyclic) bond motifs is 3. The lowest BCUT2D eigenvalue weighted by Gasteiger charge is -2.35. The number of hydrogen-bond donors (Lipinski definition) is 1. The molecule has 1 aromatic carbocycles. The molecule has 0 spiro atoms. The van der Waals surface area contributed by atoms with Crippen molar-refractivity contribution in [1.82, 2.24) is 24.6 Å². The molecule has 36 heavy (non-hydrogen) atoms. The van der Waals surface area contributed by atoms with Crippen LogP contribution in [-0.2, 0) is 17.7 Å². The quantitative estimate of drug-likeness (QED) is 0.484. The highest BCUT2D eigenvalue weighted by molar-refractivity contribution is 5.87. The van der Waals surface area contributed by atoms with Crippen LogP contribution in [0, 0.1) is 0 Å². The summed E-state index contributed by atoms with van der Waals surface area (Å²) in [6.45, 7) is 12.9. The Hall–Kier alpha value is -2.52. The molecule has 0 radical (unpaired) electrons. The molecule has 3 heterocycles. The van der Waals surface area contributed by atoms with Gasteiger partial charge in [-0.1, -0.05) is 18.2 Å². The van der Waals surface area contributed by atoms with Crippen molar-refractivity contribution in [3.63, 3.8) is 0 Å². The largest absolute Gasteiger partial charge is 0.464 e. The second kappa shape index (κ2) is 13.7. The van der Waals surface area contributed by atoms with E-state index in [0.29, 0.717) is 5.69 Å². The van der Waals surface area contributed by atoms with Crippen LogP contribution in [0.25, 0.3) is 0 Å². The molecule has 0 amide bonds. The number of benzene rings is 1. The topological polar surface area (TPSA) is 78.2 Å². The summed E-state index contributed by atoms with van der Waals surface area (Å²) in [7, 11) is 1.40. The zero-order chi connectivity index (χ0) is 25.2. The number of nitrogens with two attached hydrogens (primary N) is 1. The van der Waals surface area contributed by atoms with E-state index >= 15 is 0 Å². The third kappa shape index (κ3) is 8.27. The Labute approximate surface area is 216 Å². The molecule has 2 aliphatic heterocycles. The Morgan fingerprint density at radius 1 is 0.833 bits per heavy atom. The van der Waals surface area contributed by atoms with Gasteiger partial charge in [-0.3, -0.25) is 4.90 Å². The van der Waals surface area contributed by atoms with Gasteiger partial charge in [0, 0.05) is 58.0 Å². The molecule has 0 aliphatic carbocycles. The Kier molecular flexibility index (Phi) is 10.1. The van der Waals surface area contributed by atoms with Crippen LogP contribution < -0.4 is 5.73 Å². The molecule has 2 unspecified atom stereocenters. The maximum Gasteiger partial charge on any atom is 0.356 e. The Balaban J connectivity index is 1.33. The fourth-order valence-electron chi connectivity index (χ4n) is 5.15. The number of anilines is 1. The number of aromatic nitrogens is 1. The smallest absolute Gasteiger partial charge is 0.356 e. The van der Waals surface area contributed by atoms with Crippen molar-refractivity contribution in [2.24, 2.45) is 0 Å². The fourth-order valence-corrected chi connectivity index (χ4v) is 5.15. The first-order chi connectivity index (χ1) is 17.6. The van der Waals surface area contributed by atoms with Crippen molar-refractivity contribution < 1.29 is 9.53 Å². The molecule has 0 saturated carbocycles. The highest BCUT2D eigenvalue weighted by Crippen LogP contribution is 2.11. The van der Waals surface area contributed by atoms with Crippen molar-refractivity contribution in [1.29, 1.82) is 0 Å². The predicted octanol–water partition coefficient (Wildman–Crippen LogP) is 2.21. The number of carbonyl (C=O) groups is 1. The van der Waals surface area contributed by atoms with Gasteiger partial charge in [-0.15, -0.1) is 0 Å². The van der Waals surface area contributed by atoms with E-state index in [2.05, 4.69) is 36.7 Å². The summed E-state index contributed by atoms with van der Waals surface area (Å²) >= 11 is 0. The van der Waals surface area contributed by atoms with Crippen LogP contribution in [0.4, 0.5) is 5.69 Å². The second-order valence-electron chi connectivity index (χ2n) is 10.0. The summed E-state index contributed by atoms with van der Waals surface area (Å²) < 4.78 is 4.84. The first kappa shape index (κ1) is 26.5. The predicted molar refractivity (Wildman–Crippen MR) is 144 cm³/mol. The number of carbonyl (C=O) groups excluding carboxylic acids is 1. The number of nitrogen functional groups attached to an aromatic ring is 1. The molecule has 4 rings (SSSR count). The zero-order valence-corrected chi connectivity index (χ0v) is 21.8. The van der Waals surface area contributed by atoms with Crippen LogP contribution in [-0.4, -0.2) is 110 Å². The molecular weight excluding hydrogens is 452 g/mol. The molecule has 2 bridgehead atoms. The van der Waals surface area contributed by atoms with Gasteiger partial charge in [0.1, 0.15) is 5.69 Å². The van der Waals surface area contributed by atoms with Gasteiger partial charge in [0.2, 0.25) is 0 Å². The van der Waals surface area contributed by atoms with Gasteiger partial charge < -0.3 is 25.2 Å². The molecular formula is C28H42N6O2. The number of nitrogens with zero attached hydrogens (tertiary/aromatic N) is 5. The van der Waals surface area contributed by atoms with E-state index in [-0.39, 0.29) is 5.97 Å². The summed E-state index contributed by atoms with van der Waals surface area (Å²) in [5.74, 6) is -0.378. The lowest BCUT2D eigenvalue weighted by molar-refractivity contribution is 0.0593. The third-order valence-corrected chi connectivity index (χ3v) is 7.38. The van der Waals surface area contributed by atoms with E-state index in [1.807, 2.05) is 24.3 Å². The number of rotatable bonds is 6. The van der Waals surface area contributed by atoms with Crippen LogP contribution in [0.5, 0.6) is 0 Å². The van der Waals surface area contributed by atoms with E-state index in [4.69, 9.17) is 10.5 Å². The summed E-state index contributed by atoms with van der Waals surface area (Å²) in [6.07, 6.45) is 3.41. The second-order valence-corrected chi connectivity index (χ2v) is 10.0. The average Bonchev–Trinajstić information content (AvgIpc) is 2.90. The zero-order valence-electron chi connectivity index (χ0n) is 21.8. The molecule has 2 atom stereocenters. The van der Waals surface area contributed by atoms with Gasteiger partial charge in [-0.25, -0.2) is 9.78 Å². The van der Waals surface area contributed by atoms with Crippen LogP contribution in [0.2, 0.25) is 0 Å². The van der Waals surface area contributed by atoms with Crippen LogP contribution >= 0.6 is 0 Å². The van der Waals surface area contributed by atoms with Gasteiger partial charge in [-0.2, -0.15) is 0 Å². The average molecular weight is 495 g/mol. The monoisotopic (exact) mass is 494 g/mol. The molecule has 8 nitrogen and oxygen atoms in total. The van der Waals surface area contributed by atoms with Gasteiger partial charge >= 0.3 is 5.97 Å². The lowest BCUT2D eigenvalue weighted by atomic mass is 10.1. The summed E-state index contributed by atoms with van der Waals surface area (Å²) in [5, 5.41) is 0. The van der Waals surface area contributed by atoms with Crippen molar-refractivity contribution in [3.05, 3.63) is 59.4 Å². The molecule has 2 saturated heterocycles. The van der Waals surface area contributed by atoms with Crippen molar-refractivity contribution in [2.45, 2.75) is 25.8 Å². The minimum absolute atomic E-state index is 0.378. The van der Waals surface area contributed by atoms with Crippen molar-refractivity contribution >= 4 is 11.7 Å². The molecule has 8 heteroatoms. The normalized spacial score (nSPS) is 22.7. The van der Waals surface area contributed by atoms with E-state index in [1.165, 1.54) is 19.1 Å². The summed E-state index contributed by atoms with van der Waals surface area (Å²) in [4.78, 5) is 26.8. The van der Waals surface area contributed by atoms with Crippen LogP contribution in [0.15, 0.2) is 42.5 Å². The number of methoxy groups -OCH3 is 1.